The van der Waals surface area contributed by atoms with Gasteiger partial charge in [-0.1, -0.05) is 18.2 Å². The molecule has 5 heteroatoms. The summed E-state index contributed by atoms with van der Waals surface area (Å²) >= 11 is 0. The Morgan fingerprint density at radius 2 is 2.10 bits per heavy atom. The summed E-state index contributed by atoms with van der Waals surface area (Å²) in [6, 6.07) is 11.4. The monoisotopic (exact) mass is 280 g/mol. The maximum atomic E-state index is 11.8. The fourth-order valence-electron chi connectivity index (χ4n) is 1.86. The molecule has 2 aromatic rings. The molecule has 0 saturated carbocycles. The smallest absolute Gasteiger partial charge is 0.263 e. The molecule has 1 aromatic carbocycles. The second-order valence-electron chi connectivity index (χ2n) is 4.82. The summed E-state index contributed by atoms with van der Waals surface area (Å²) in [5.41, 5.74) is 1.56. The number of anilines is 1. The first-order valence-corrected chi connectivity index (χ1v) is 6.63. The number of nitrogens with one attached hydrogen (secondary N) is 2. The Hall–Kier alpha value is -2.87. The number of hydrogen-bond donors (Lipinski definition) is 2. The molecule has 0 aliphatic carbocycles. The third kappa shape index (κ3) is 3.57. The van der Waals surface area contributed by atoms with Crippen molar-refractivity contribution in [2.45, 2.75) is 19.9 Å². The van der Waals surface area contributed by atoms with Crippen molar-refractivity contribution in [2.75, 3.05) is 5.32 Å². The molecule has 0 bridgehead atoms. The number of pyridine rings is 1. The van der Waals surface area contributed by atoms with Crippen molar-refractivity contribution in [3.05, 3.63) is 48.3 Å². The Morgan fingerprint density at radius 1 is 1.33 bits per heavy atom. The molecule has 0 saturated heterocycles. The first kappa shape index (κ1) is 14.5. The Kier molecular flexibility index (Phi) is 4.52. The Labute approximate surface area is 123 Å². The molecule has 0 aliphatic rings. The van der Waals surface area contributed by atoms with Gasteiger partial charge in [-0.05, 0) is 26.0 Å². The molecule has 0 spiro atoms. The van der Waals surface area contributed by atoms with Crippen LogP contribution in [0.1, 0.15) is 13.8 Å². The van der Waals surface area contributed by atoms with Gasteiger partial charge in [0, 0.05) is 23.8 Å². The third-order valence-electron chi connectivity index (χ3n) is 2.79. The number of hydrogen-bond acceptors (Lipinski definition) is 4. The molecule has 0 radical (unpaired) electrons. The Balaban J connectivity index is 2.25. The first-order valence-electron chi connectivity index (χ1n) is 6.63. The quantitative estimate of drug-likeness (QED) is 0.666. The molecule has 0 aliphatic heterocycles. The van der Waals surface area contributed by atoms with Gasteiger partial charge in [-0.3, -0.25) is 9.78 Å². The van der Waals surface area contributed by atoms with Crippen LogP contribution >= 0.6 is 0 Å². The average Bonchev–Trinajstić information content (AvgIpc) is 2.47. The summed E-state index contributed by atoms with van der Waals surface area (Å²) in [4.78, 5) is 16.1. The number of benzene rings is 1. The van der Waals surface area contributed by atoms with Crippen LogP contribution in [0.15, 0.2) is 48.3 Å². The standard InChI is InChI=1S/C16H16N4O/c1-11(2)20-16(21)13(9-17)10-19-14-7-3-5-12-6-4-8-18-15(12)14/h3-8,10-11,19H,1-2H3,(H,20,21)/b13-10-. The van der Waals surface area contributed by atoms with Crippen LogP contribution in [0.4, 0.5) is 5.69 Å². The number of rotatable bonds is 4. The lowest BCUT2D eigenvalue weighted by atomic mass is 10.2. The van der Waals surface area contributed by atoms with E-state index in [1.807, 2.05) is 50.2 Å². The molecular formula is C16H16N4O. The predicted octanol–water partition coefficient (Wildman–Crippen LogP) is 2.58. The lowest BCUT2D eigenvalue weighted by Gasteiger charge is -2.08. The van der Waals surface area contributed by atoms with Gasteiger partial charge in [0.05, 0.1) is 11.2 Å². The second-order valence-corrected chi connectivity index (χ2v) is 4.82. The van der Waals surface area contributed by atoms with Gasteiger partial charge in [0.25, 0.3) is 5.91 Å². The predicted molar refractivity (Wildman–Crippen MR) is 82.3 cm³/mol. The van der Waals surface area contributed by atoms with Crippen LogP contribution < -0.4 is 10.6 Å². The molecule has 21 heavy (non-hydrogen) atoms. The summed E-state index contributed by atoms with van der Waals surface area (Å²) in [6.45, 7) is 3.68. The van der Waals surface area contributed by atoms with E-state index in [2.05, 4.69) is 15.6 Å². The van der Waals surface area contributed by atoms with E-state index in [0.717, 1.165) is 16.6 Å². The Bertz CT molecular complexity index is 723. The molecular weight excluding hydrogens is 264 g/mol. The van der Waals surface area contributed by atoms with Crippen LogP contribution in [-0.2, 0) is 4.79 Å². The summed E-state index contributed by atoms with van der Waals surface area (Å²) in [5.74, 6) is -0.395. The van der Waals surface area contributed by atoms with E-state index in [9.17, 15) is 4.79 Å². The lowest BCUT2D eigenvalue weighted by Crippen LogP contribution is -2.31. The third-order valence-corrected chi connectivity index (χ3v) is 2.79. The maximum Gasteiger partial charge on any atom is 0.263 e. The number of nitrogens with zero attached hydrogens (tertiary/aromatic N) is 2. The molecule has 106 valence electrons. The van der Waals surface area contributed by atoms with Crippen molar-refractivity contribution in [3.8, 4) is 6.07 Å². The molecule has 1 aromatic heterocycles. The highest BCUT2D eigenvalue weighted by atomic mass is 16.1. The van der Waals surface area contributed by atoms with Gasteiger partial charge in [-0.25, -0.2) is 0 Å². The van der Waals surface area contributed by atoms with Crippen LogP contribution in [0, 0.1) is 11.3 Å². The fourth-order valence-corrected chi connectivity index (χ4v) is 1.86. The summed E-state index contributed by atoms with van der Waals surface area (Å²) in [7, 11) is 0. The van der Waals surface area contributed by atoms with Crippen LogP contribution in [0.5, 0.6) is 0 Å². The Morgan fingerprint density at radius 3 is 2.81 bits per heavy atom. The highest BCUT2D eigenvalue weighted by Crippen LogP contribution is 2.20. The first-order chi connectivity index (χ1) is 10.1. The molecule has 0 fully saturated rings. The van der Waals surface area contributed by atoms with Crippen LogP contribution in [0.2, 0.25) is 0 Å². The van der Waals surface area contributed by atoms with Gasteiger partial charge >= 0.3 is 0 Å². The van der Waals surface area contributed by atoms with E-state index in [-0.39, 0.29) is 11.6 Å². The number of carbonyl (C=O) groups excluding carboxylic acids is 1. The van der Waals surface area contributed by atoms with Crippen molar-refractivity contribution in [1.29, 1.82) is 5.26 Å². The number of carbonyl (C=O) groups is 1. The zero-order valence-electron chi connectivity index (χ0n) is 11.9. The lowest BCUT2D eigenvalue weighted by molar-refractivity contribution is -0.117. The molecule has 0 unspecified atom stereocenters. The number of fused-ring (bicyclic) bond motifs is 1. The van der Waals surface area contributed by atoms with Crippen LogP contribution in [0.25, 0.3) is 10.9 Å². The number of nitriles is 1. The van der Waals surface area contributed by atoms with E-state index in [0.29, 0.717) is 0 Å². The highest BCUT2D eigenvalue weighted by Gasteiger charge is 2.10. The minimum absolute atomic E-state index is 0.0199. The zero-order chi connectivity index (χ0) is 15.2. The van der Waals surface area contributed by atoms with Gasteiger partial charge in [-0.15, -0.1) is 0 Å². The fraction of sp³-hybridized carbons (Fsp3) is 0.188. The van der Waals surface area contributed by atoms with Crippen LogP contribution in [0.3, 0.4) is 0 Å². The van der Waals surface area contributed by atoms with Crippen molar-refractivity contribution >= 4 is 22.5 Å². The molecule has 1 amide bonds. The van der Waals surface area contributed by atoms with Crippen LogP contribution in [-0.4, -0.2) is 16.9 Å². The minimum atomic E-state index is -0.395. The summed E-state index contributed by atoms with van der Waals surface area (Å²) in [5, 5.41) is 15.7. The topological polar surface area (TPSA) is 77.8 Å². The van der Waals surface area contributed by atoms with Crippen molar-refractivity contribution in [3.63, 3.8) is 0 Å². The SMILES string of the molecule is CC(C)NC(=O)/C(C#N)=C\Nc1cccc2cccnc12. The normalized spacial score (nSPS) is 11.2. The van der Waals surface area contributed by atoms with Gasteiger partial charge in [0.2, 0.25) is 0 Å². The number of amides is 1. The van der Waals surface area contributed by atoms with E-state index in [1.54, 1.807) is 6.20 Å². The largest absolute Gasteiger partial charge is 0.358 e. The molecule has 0 atom stereocenters. The van der Waals surface area contributed by atoms with E-state index >= 15 is 0 Å². The van der Waals surface area contributed by atoms with Crippen molar-refractivity contribution in [2.24, 2.45) is 0 Å². The molecule has 5 nitrogen and oxygen atoms in total. The van der Waals surface area contributed by atoms with Gasteiger partial charge < -0.3 is 10.6 Å². The molecule has 1 heterocycles. The second kappa shape index (κ2) is 6.53. The van der Waals surface area contributed by atoms with E-state index in [4.69, 9.17) is 5.26 Å². The average molecular weight is 280 g/mol. The summed E-state index contributed by atoms with van der Waals surface area (Å²) < 4.78 is 0. The van der Waals surface area contributed by atoms with E-state index < -0.39 is 5.91 Å². The van der Waals surface area contributed by atoms with E-state index in [1.165, 1.54) is 6.20 Å². The minimum Gasteiger partial charge on any atom is -0.358 e. The summed E-state index contributed by atoms with van der Waals surface area (Å²) in [6.07, 6.45) is 3.11. The molecule has 2 rings (SSSR count). The molecule has 2 N–H and O–H groups in total. The zero-order valence-corrected chi connectivity index (χ0v) is 11.9. The number of aromatic nitrogens is 1. The maximum absolute atomic E-state index is 11.8. The van der Waals surface area contributed by atoms with Gasteiger partial charge in [0.15, 0.2) is 0 Å². The highest BCUT2D eigenvalue weighted by molar-refractivity contribution is 5.98. The van der Waals surface area contributed by atoms with Gasteiger partial charge in [-0.2, -0.15) is 5.26 Å². The van der Waals surface area contributed by atoms with Crippen molar-refractivity contribution < 1.29 is 4.79 Å². The van der Waals surface area contributed by atoms with Gasteiger partial charge in [0.1, 0.15) is 11.6 Å². The number of para-hydroxylation sites is 1. The van der Waals surface area contributed by atoms with Crippen molar-refractivity contribution in [1.82, 2.24) is 10.3 Å².